The molecule has 1 aromatic heterocycles. The first kappa shape index (κ1) is 14.1. The first-order valence-corrected chi connectivity index (χ1v) is 8.11. The molecule has 0 aliphatic carbocycles. The lowest BCUT2D eigenvalue weighted by Gasteiger charge is -2.30. The summed E-state index contributed by atoms with van der Waals surface area (Å²) in [6.45, 7) is 1.83. The summed E-state index contributed by atoms with van der Waals surface area (Å²) in [5, 5.41) is 2.11. The van der Waals surface area contributed by atoms with E-state index in [0.29, 0.717) is 12.5 Å². The number of hydrogen-bond donors (Lipinski definition) is 0. The van der Waals surface area contributed by atoms with E-state index in [9.17, 15) is 4.79 Å². The van der Waals surface area contributed by atoms with Gasteiger partial charge in [0, 0.05) is 24.4 Å². The summed E-state index contributed by atoms with van der Waals surface area (Å²) >= 11 is 1.63. The molecule has 1 amide bonds. The predicted molar refractivity (Wildman–Crippen MR) is 82.3 cm³/mol. The standard InChI is InChI=1S/C16H18N2O2S/c19-16(20-10-13-4-2-1-3-5-13)18-8-6-14(7-9-18)15-11-21-12-17-15/h1-5,11-12,14H,6-10H2. The number of hydrogen-bond acceptors (Lipinski definition) is 4. The number of carbonyl (C=O) groups is 1. The third kappa shape index (κ3) is 3.61. The van der Waals surface area contributed by atoms with Crippen molar-refractivity contribution < 1.29 is 9.53 Å². The van der Waals surface area contributed by atoms with Gasteiger partial charge in [0.15, 0.2) is 0 Å². The number of benzene rings is 1. The number of ether oxygens (including phenoxy) is 1. The van der Waals surface area contributed by atoms with Crippen molar-refractivity contribution >= 4 is 17.4 Å². The molecule has 3 rings (SSSR count). The minimum atomic E-state index is -0.212. The second kappa shape index (κ2) is 6.72. The number of amides is 1. The molecule has 0 saturated carbocycles. The van der Waals surface area contributed by atoms with Crippen molar-refractivity contribution in [2.75, 3.05) is 13.1 Å². The number of likely N-dealkylation sites (tertiary alicyclic amines) is 1. The van der Waals surface area contributed by atoms with Crippen LogP contribution in [-0.2, 0) is 11.3 Å². The fourth-order valence-electron chi connectivity index (χ4n) is 2.59. The van der Waals surface area contributed by atoms with E-state index in [1.807, 2.05) is 35.8 Å². The average molecular weight is 302 g/mol. The summed E-state index contributed by atoms with van der Waals surface area (Å²) in [5.41, 5.74) is 4.05. The van der Waals surface area contributed by atoms with Gasteiger partial charge in [0.25, 0.3) is 0 Å². The van der Waals surface area contributed by atoms with Crippen LogP contribution in [0.15, 0.2) is 41.2 Å². The van der Waals surface area contributed by atoms with Crippen LogP contribution in [0.1, 0.15) is 30.0 Å². The number of thiazole rings is 1. The Balaban J connectivity index is 1.47. The van der Waals surface area contributed by atoms with E-state index in [1.165, 1.54) is 0 Å². The fourth-order valence-corrected chi connectivity index (χ4v) is 3.23. The molecule has 5 heteroatoms. The van der Waals surface area contributed by atoms with Crippen molar-refractivity contribution in [2.24, 2.45) is 0 Å². The maximum atomic E-state index is 12.1. The second-order valence-corrected chi connectivity index (χ2v) is 5.93. The minimum Gasteiger partial charge on any atom is -0.445 e. The van der Waals surface area contributed by atoms with Crippen molar-refractivity contribution in [1.82, 2.24) is 9.88 Å². The van der Waals surface area contributed by atoms with Crippen LogP contribution in [0, 0.1) is 0 Å². The van der Waals surface area contributed by atoms with Gasteiger partial charge in [-0.2, -0.15) is 0 Å². The lowest BCUT2D eigenvalue weighted by Crippen LogP contribution is -2.38. The molecule has 1 aliphatic heterocycles. The second-order valence-electron chi connectivity index (χ2n) is 5.21. The smallest absolute Gasteiger partial charge is 0.410 e. The molecule has 0 N–H and O–H groups in total. The molecule has 2 heterocycles. The normalized spacial score (nSPS) is 15.9. The van der Waals surface area contributed by atoms with Gasteiger partial charge < -0.3 is 9.64 Å². The summed E-state index contributed by atoms with van der Waals surface area (Å²) in [7, 11) is 0. The van der Waals surface area contributed by atoms with Gasteiger partial charge in [-0.05, 0) is 18.4 Å². The lowest BCUT2D eigenvalue weighted by molar-refractivity contribution is 0.0868. The molecule has 1 saturated heterocycles. The van der Waals surface area contributed by atoms with Crippen LogP contribution in [0.3, 0.4) is 0 Å². The zero-order chi connectivity index (χ0) is 14.5. The Hall–Kier alpha value is -1.88. The van der Waals surface area contributed by atoms with Crippen LogP contribution in [0.5, 0.6) is 0 Å². The number of aromatic nitrogens is 1. The van der Waals surface area contributed by atoms with Crippen LogP contribution in [0.25, 0.3) is 0 Å². The first-order valence-electron chi connectivity index (χ1n) is 7.16. The Labute approximate surface area is 128 Å². The highest BCUT2D eigenvalue weighted by atomic mass is 32.1. The Bertz CT molecular complexity index is 563. The zero-order valence-corrected chi connectivity index (χ0v) is 12.6. The summed E-state index contributed by atoms with van der Waals surface area (Å²) in [5.74, 6) is 0.481. The molecule has 0 bridgehead atoms. The molecule has 1 fully saturated rings. The van der Waals surface area contributed by atoms with E-state index >= 15 is 0 Å². The summed E-state index contributed by atoms with van der Waals surface area (Å²) in [6.07, 6.45) is 1.71. The Kier molecular flexibility index (Phi) is 4.50. The highest BCUT2D eigenvalue weighted by Crippen LogP contribution is 2.27. The molecule has 110 valence electrons. The van der Waals surface area contributed by atoms with Crippen molar-refractivity contribution in [3.8, 4) is 0 Å². The predicted octanol–water partition coefficient (Wildman–Crippen LogP) is 3.66. The number of nitrogens with zero attached hydrogens (tertiary/aromatic N) is 2. The Morgan fingerprint density at radius 2 is 2.05 bits per heavy atom. The van der Waals surface area contributed by atoms with Gasteiger partial charge in [0.05, 0.1) is 11.2 Å². The Morgan fingerprint density at radius 3 is 2.71 bits per heavy atom. The molecule has 1 aliphatic rings. The largest absolute Gasteiger partial charge is 0.445 e. The van der Waals surface area contributed by atoms with Crippen LogP contribution >= 0.6 is 11.3 Å². The van der Waals surface area contributed by atoms with Crippen LogP contribution in [-0.4, -0.2) is 29.1 Å². The van der Waals surface area contributed by atoms with Crippen LogP contribution in [0.4, 0.5) is 4.79 Å². The van der Waals surface area contributed by atoms with E-state index in [1.54, 1.807) is 16.2 Å². The van der Waals surface area contributed by atoms with Crippen molar-refractivity contribution in [1.29, 1.82) is 0 Å². The molecule has 0 atom stereocenters. The van der Waals surface area contributed by atoms with Gasteiger partial charge in [-0.15, -0.1) is 11.3 Å². The van der Waals surface area contributed by atoms with Gasteiger partial charge in [0.1, 0.15) is 6.61 Å². The molecule has 2 aromatic rings. The van der Waals surface area contributed by atoms with Gasteiger partial charge in [0.2, 0.25) is 0 Å². The van der Waals surface area contributed by atoms with Gasteiger partial charge in [-0.25, -0.2) is 9.78 Å². The molecule has 0 spiro atoms. The highest BCUT2D eigenvalue weighted by Gasteiger charge is 2.25. The maximum absolute atomic E-state index is 12.1. The Morgan fingerprint density at radius 1 is 1.29 bits per heavy atom. The quantitative estimate of drug-likeness (QED) is 0.869. The minimum absolute atomic E-state index is 0.212. The van der Waals surface area contributed by atoms with E-state index in [0.717, 1.165) is 37.2 Å². The maximum Gasteiger partial charge on any atom is 0.410 e. The van der Waals surface area contributed by atoms with E-state index in [-0.39, 0.29) is 6.09 Å². The third-order valence-electron chi connectivity index (χ3n) is 3.83. The molecule has 0 radical (unpaired) electrons. The topological polar surface area (TPSA) is 42.4 Å². The van der Waals surface area contributed by atoms with E-state index in [2.05, 4.69) is 10.4 Å². The SMILES string of the molecule is O=C(OCc1ccccc1)N1CCC(c2cscn2)CC1. The third-order valence-corrected chi connectivity index (χ3v) is 4.43. The average Bonchev–Trinajstić information content (AvgIpc) is 3.08. The molecule has 21 heavy (non-hydrogen) atoms. The number of carbonyl (C=O) groups excluding carboxylic acids is 1. The van der Waals surface area contributed by atoms with E-state index in [4.69, 9.17) is 4.74 Å². The van der Waals surface area contributed by atoms with Gasteiger partial charge in [-0.3, -0.25) is 0 Å². The van der Waals surface area contributed by atoms with Gasteiger partial charge in [-0.1, -0.05) is 30.3 Å². The van der Waals surface area contributed by atoms with Crippen molar-refractivity contribution in [3.05, 3.63) is 52.5 Å². The number of rotatable bonds is 3. The molecular formula is C16H18N2O2S. The zero-order valence-electron chi connectivity index (χ0n) is 11.8. The summed E-state index contributed by atoms with van der Waals surface area (Å²) in [4.78, 5) is 18.2. The monoisotopic (exact) mass is 302 g/mol. The van der Waals surface area contributed by atoms with E-state index < -0.39 is 0 Å². The molecular weight excluding hydrogens is 284 g/mol. The molecule has 1 aromatic carbocycles. The number of piperidine rings is 1. The lowest BCUT2D eigenvalue weighted by atomic mass is 9.94. The fraction of sp³-hybridized carbons (Fsp3) is 0.375. The van der Waals surface area contributed by atoms with Crippen molar-refractivity contribution in [2.45, 2.75) is 25.4 Å². The molecule has 4 nitrogen and oxygen atoms in total. The van der Waals surface area contributed by atoms with Crippen LogP contribution in [0.2, 0.25) is 0 Å². The summed E-state index contributed by atoms with van der Waals surface area (Å²) in [6, 6.07) is 9.77. The highest BCUT2D eigenvalue weighted by molar-refractivity contribution is 7.07. The van der Waals surface area contributed by atoms with Crippen LogP contribution < -0.4 is 0 Å². The summed E-state index contributed by atoms with van der Waals surface area (Å²) < 4.78 is 5.37. The van der Waals surface area contributed by atoms with Gasteiger partial charge >= 0.3 is 6.09 Å². The first-order chi connectivity index (χ1) is 10.3. The molecule has 0 unspecified atom stereocenters. The van der Waals surface area contributed by atoms with Crippen molar-refractivity contribution in [3.63, 3.8) is 0 Å².